The predicted octanol–water partition coefficient (Wildman–Crippen LogP) is 3.47. The topological polar surface area (TPSA) is 109 Å². The summed E-state index contributed by atoms with van der Waals surface area (Å²) in [7, 11) is 2.68. The van der Waals surface area contributed by atoms with E-state index in [4.69, 9.17) is 14.2 Å². The monoisotopic (exact) mass is 459 g/mol. The van der Waals surface area contributed by atoms with Crippen LogP contribution in [0.2, 0.25) is 0 Å². The summed E-state index contributed by atoms with van der Waals surface area (Å²) in [5.74, 6) is 0.00567. The molecule has 2 aromatic carbocycles. The molecule has 0 bridgehead atoms. The van der Waals surface area contributed by atoms with E-state index in [1.165, 1.54) is 20.4 Å². The van der Waals surface area contributed by atoms with Gasteiger partial charge in [0.2, 0.25) is 5.88 Å². The summed E-state index contributed by atoms with van der Waals surface area (Å²) in [5, 5.41) is 3.06. The van der Waals surface area contributed by atoms with E-state index in [0.29, 0.717) is 27.9 Å². The molecule has 4 rings (SSSR count). The molecule has 0 aliphatic carbocycles. The number of nitrogens with one attached hydrogen (secondary N) is 1. The Hall–Kier alpha value is -4.66. The summed E-state index contributed by atoms with van der Waals surface area (Å²) in [6.45, 7) is -0.201. The maximum absolute atomic E-state index is 13.5. The van der Waals surface area contributed by atoms with Gasteiger partial charge < -0.3 is 19.5 Å². The van der Waals surface area contributed by atoms with Crippen molar-refractivity contribution in [2.75, 3.05) is 14.2 Å². The molecule has 4 aromatic rings. The Labute approximate surface area is 194 Å². The fourth-order valence-corrected chi connectivity index (χ4v) is 3.50. The molecular weight excluding hydrogens is 438 g/mol. The summed E-state index contributed by atoms with van der Waals surface area (Å²) >= 11 is 0. The first-order chi connectivity index (χ1) is 16.5. The van der Waals surface area contributed by atoms with Gasteiger partial charge in [0, 0.05) is 29.5 Å². The van der Waals surface area contributed by atoms with E-state index in [2.05, 4.69) is 10.3 Å². The zero-order chi connectivity index (χ0) is 24.1. The normalized spacial score (nSPS) is 10.5. The molecule has 9 heteroatoms. The number of amides is 1. The van der Waals surface area contributed by atoms with E-state index in [9.17, 15) is 14.4 Å². The summed E-state index contributed by atoms with van der Waals surface area (Å²) in [4.78, 5) is 42.2. The van der Waals surface area contributed by atoms with Gasteiger partial charge in [0.05, 0.1) is 37.4 Å². The number of rotatable bonds is 6. The molecule has 0 spiro atoms. The van der Waals surface area contributed by atoms with Gasteiger partial charge in [0.15, 0.2) is 5.43 Å². The van der Waals surface area contributed by atoms with Gasteiger partial charge >= 0.3 is 6.16 Å². The lowest BCUT2D eigenvalue weighted by Gasteiger charge is -2.20. The number of aromatic nitrogens is 2. The molecule has 0 aliphatic rings. The Morgan fingerprint density at radius 1 is 1.03 bits per heavy atom. The second kappa shape index (κ2) is 9.86. The van der Waals surface area contributed by atoms with Crippen molar-refractivity contribution in [3.63, 3.8) is 0 Å². The van der Waals surface area contributed by atoms with Crippen LogP contribution in [0.4, 0.5) is 4.79 Å². The van der Waals surface area contributed by atoms with Crippen molar-refractivity contribution in [1.82, 2.24) is 14.9 Å². The first-order valence-electron chi connectivity index (χ1n) is 10.3. The third-order valence-corrected chi connectivity index (χ3v) is 5.14. The maximum Gasteiger partial charge on any atom is 0.514 e. The lowest BCUT2D eigenvalue weighted by atomic mass is 10.1. The van der Waals surface area contributed by atoms with Gasteiger partial charge in [-0.15, -0.1) is 0 Å². The van der Waals surface area contributed by atoms with Gasteiger partial charge in [-0.3, -0.25) is 19.1 Å². The van der Waals surface area contributed by atoms with Crippen LogP contribution in [0.25, 0.3) is 16.6 Å². The van der Waals surface area contributed by atoms with Crippen LogP contribution in [0.1, 0.15) is 15.9 Å². The van der Waals surface area contributed by atoms with Gasteiger partial charge in [-0.25, -0.2) is 4.79 Å². The van der Waals surface area contributed by atoms with E-state index in [1.807, 2.05) is 18.2 Å². The van der Waals surface area contributed by atoms with Crippen molar-refractivity contribution in [3.05, 3.63) is 94.4 Å². The van der Waals surface area contributed by atoms with Crippen molar-refractivity contribution in [3.8, 4) is 17.3 Å². The number of nitrogens with zero attached hydrogens (tertiary/aromatic N) is 2. The number of carbonyl (C=O) groups is 2. The van der Waals surface area contributed by atoms with Crippen molar-refractivity contribution < 1.29 is 23.8 Å². The Kier molecular flexibility index (Phi) is 6.54. The van der Waals surface area contributed by atoms with Gasteiger partial charge in [0.1, 0.15) is 5.75 Å². The van der Waals surface area contributed by atoms with E-state index in [-0.39, 0.29) is 18.0 Å². The highest BCUT2D eigenvalue weighted by Gasteiger charge is 2.23. The van der Waals surface area contributed by atoms with Crippen LogP contribution in [0.15, 0.2) is 77.9 Å². The number of para-hydroxylation sites is 1. The summed E-state index contributed by atoms with van der Waals surface area (Å²) in [5.41, 5.74) is 1.07. The van der Waals surface area contributed by atoms with Gasteiger partial charge in [-0.05, 0) is 36.4 Å². The third kappa shape index (κ3) is 4.44. The zero-order valence-electron chi connectivity index (χ0n) is 18.5. The zero-order valence-corrected chi connectivity index (χ0v) is 18.5. The van der Waals surface area contributed by atoms with Crippen LogP contribution in [-0.4, -0.2) is 35.8 Å². The molecule has 172 valence electrons. The quantitative estimate of drug-likeness (QED) is 0.440. The first kappa shape index (κ1) is 22.5. The molecule has 0 saturated carbocycles. The first-order valence-corrected chi connectivity index (χ1v) is 10.3. The smallest absolute Gasteiger partial charge is 0.497 e. The molecule has 34 heavy (non-hydrogen) atoms. The van der Waals surface area contributed by atoms with Crippen molar-refractivity contribution in [1.29, 1.82) is 0 Å². The fraction of sp³-hybridized carbons (Fsp3) is 0.120. The number of benzene rings is 2. The van der Waals surface area contributed by atoms with Crippen LogP contribution in [0.3, 0.4) is 0 Å². The maximum atomic E-state index is 13.5. The van der Waals surface area contributed by atoms with Crippen LogP contribution >= 0.6 is 0 Å². The van der Waals surface area contributed by atoms with Gasteiger partial charge in [-0.1, -0.05) is 18.2 Å². The highest BCUT2D eigenvalue weighted by Crippen LogP contribution is 2.30. The van der Waals surface area contributed by atoms with Crippen molar-refractivity contribution in [2.45, 2.75) is 6.54 Å². The molecule has 1 N–H and O–H groups in total. The van der Waals surface area contributed by atoms with Crippen molar-refractivity contribution in [2.24, 2.45) is 0 Å². The molecule has 2 aromatic heterocycles. The molecule has 0 atom stereocenters. The Morgan fingerprint density at radius 2 is 1.82 bits per heavy atom. The number of ether oxygens (including phenoxy) is 3. The predicted molar refractivity (Wildman–Crippen MR) is 125 cm³/mol. The largest absolute Gasteiger partial charge is 0.514 e. The van der Waals surface area contributed by atoms with Crippen LogP contribution in [0.5, 0.6) is 11.6 Å². The SMILES string of the molecule is COC(=O)Oc1c(CNC(=O)c2cccnc2)c(=O)c2ccc(OC)cc2n1-c1ccccc1. The lowest BCUT2D eigenvalue weighted by Crippen LogP contribution is -2.29. The minimum absolute atomic E-state index is 0.0733. The summed E-state index contributed by atoms with van der Waals surface area (Å²) < 4.78 is 17.1. The van der Waals surface area contributed by atoms with Crippen LogP contribution < -0.4 is 20.2 Å². The minimum Gasteiger partial charge on any atom is -0.497 e. The van der Waals surface area contributed by atoms with Crippen LogP contribution in [-0.2, 0) is 11.3 Å². The number of hydrogen-bond donors (Lipinski definition) is 1. The fourth-order valence-electron chi connectivity index (χ4n) is 3.50. The van der Waals surface area contributed by atoms with E-state index in [0.717, 1.165) is 0 Å². The number of hydrogen-bond acceptors (Lipinski definition) is 7. The molecule has 9 nitrogen and oxygen atoms in total. The lowest BCUT2D eigenvalue weighted by molar-refractivity contribution is 0.0950. The molecule has 0 aliphatic heterocycles. The molecule has 0 fully saturated rings. The molecule has 2 heterocycles. The molecule has 1 amide bonds. The average molecular weight is 459 g/mol. The highest BCUT2D eigenvalue weighted by atomic mass is 16.7. The number of pyridine rings is 2. The standard InChI is InChI=1S/C25H21N3O6/c1-32-18-10-11-19-21(13-18)28(17-8-4-3-5-9-17)24(34-25(31)33-2)20(22(19)29)15-27-23(30)16-7-6-12-26-14-16/h3-14H,15H2,1-2H3,(H,27,30). The summed E-state index contributed by atoms with van der Waals surface area (Å²) in [6.07, 6.45) is 1.96. The van der Waals surface area contributed by atoms with Gasteiger partial charge in [0.25, 0.3) is 5.91 Å². The van der Waals surface area contributed by atoms with Crippen molar-refractivity contribution >= 4 is 23.0 Å². The van der Waals surface area contributed by atoms with Gasteiger partial charge in [-0.2, -0.15) is 0 Å². The Balaban J connectivity index is 1.94. The third-order valence-electron chi connectivity index (χ3n) is 5.14. The van der Waals surface area contributed by atoms with E-state index < -0.39 is 17.5 Å². The molecule has 0 unspecified atom stereocenters. The van der Waals surface area contributed by atoms with E-state index in [1.54, 1.807) is 53.2 Å². The van der Waals surface area contributed by atoms with Crippen LogP contribution in [0, 0.1) is 0 Å². The second-order valence-corrected chi connectivity index (χ2v) is 7.15. The molecular formula is C25H21N3O6. The average Bonchev–Trinajstić information content (AvgIpc) is 2.89. The van der Waals surface area contributed by atoms with E-state index >= 15 is 0 Å². The molecule has 0 radical (unpaired) electrons. The molecule has 0 saturated heterocycles. The Morgan fingerprint density at radius 3 is 2.50 bits per heavy atom. The number of methoxy groups -OCH3 is 2. The Bertz CT molecular complexity index is 1400. The second-order valence-electron chi connectivity index (χ2n) is 7.15. The number of carbonyl (C=O) groups excluding carboxylic acids is 2. The minimum atomic E-state index is -1.01. The highest BCUT2D eigenvalue weighted by molar-refractivity contribution is 5.94. The summed E-state index contributed by atoms with van der Waals surface area (Å²) in [6, 6.07) is 17.3. The number of fused-ring (bicyclic) bond motifs is 1.